The summed E-state index contributed by atoms with van der Waals surface area (Å²) in [6.45, 7) is 7.33. The van der Waals surface area contributed by atoms with Crippen molar-refractivity contribution in [3.05, 3.63) is 28.8 Å². The number of benzene rings is 1. The molecule has 0 aliphatic rings. The van der Waals surface area contributed by atoms with Crippen molar-refractivity contribution in [2.75, 3.05) is 6.54 Å². The van der Waals surface area contributed by atoms with E-state index in [-0.39, 0.29) is 17.3 Å². The van der Waals surface area contributed by atoms with Gasteiger partial charge in [-0.2, -0.15) is 0 Å². The van der Waals surface area contributed by atoms with E-state index in [2.05, 4.69) is 19.2 Å². The summed E-state index contributed by atoms with van der Waals surface area (Å²) in [4.78, 5) is 0. The lowest BCUT2D eigenvalue weighted by Gasteiger charge is -2.26. The highest BCUT2D eigenvalue weighted by Crippen LogP contribution is 2.23. The summed E-state index contributed by atoms with van der Waals surface area (Å²) in [5.41, 5.74) is 0.804. The maximum absolute atomic E-state index is 9.67. The second kappa shape index (κ2) is 6.41. The lowest BCUT2D eigenvalue weighted by molar-refractivity contribution is 0.128. The fourth-order valence-corrected chi connectivity index (χ4v) is 2.30. The average Bonchev–Trinajstić information content (AvgIpc) is 2.21. The lowest BCUT2D eigenvalue weighted by atomic mass is 9.87. The zero-order valence-corrected chi connectivity index (χ0v) is 12.0. The van der Waals surface area contributed by atoms with Crippen LogP contribution in [0.4, 0.5) is 0 Å². The fraction of sp³-hybridized carbons (Fsp3) is 0.571. The molecule has 0 saturated carbocycles. The minimum absolute atomic E-state index is 0.0162. The van der Waals surface area contributed by atoms with Crippen LogP contribution in [0.15, 0.2) is 18.2 Å². The van der Waals surface area contributed by atoms with E-state index in [9.17, 15) is 10.2 Å². The van der Waals surface area contributed by atoms with E-state index in [1.807, 2.05) is 0 Å². The maximum Gasteiger partial charge on any atom is 0.120 e. The quantitative estimate of drug-likeness (QED) is 0.746. The summed E-state index contributed by atoms with van der Waals surface area (Å²) < 4.78 is 0. The third-order valence-electron chi connectivity index (χ3n) is 2.81. The van der Waals surface area contributed by atoms with E-state index in [1.165, 1.54) is 0 Å². The van der Waals surface area contributed by atoms with Gasteiger partial charge in [0.15, 0.2) is 0 Å². The van der Waals surface area contributed by atoms with E-state index in [0.29, 0.717) is 11.6 Å². The highest BCUT2D eigenvalue weighted by molar-refractivity contribution is 6.30. The second-order valence-electron chi connectivity index (χ2n) is 5.59. The molecule has 1 aromatic rings. The minimum atomic E-state index is -0.304. The molecule has 0 spiro atoms. The number of aliphatic hydroxyl groups is 1. The fourth-order valence-electron chi connectivity index (χ4n) is 2.10. The number of hydrogen-bond donors (Lipinski definition) is 3. The Bertz CT molecular complexity index is 391. The number of nitrogens with one attached hydrogen (secondary N) is 1. The number of phenolic OH excluding ortho intramolecular Hbond substituents is 1. The van der Waals surface area contributed by atoms with E-state index < -0.39 is 0 Å². The summed E-state index contributed by atoms with van der Waals surface area (Å²) in [5.74, 6) is 0.250. The van der Waals surface area contributed by atoms with Crippen molar-refractivity contribution in [3.8, 4) is 5.75 Å². The summed E-state index contributed by atoms with van der Waals surface area (Å²) in [5, 5.41) is 23.0. The van der Waals surface area contributed by atoms with E-state index in [0.717, 1.165) is 18.5 Å². The third kappa shape index (κ3) is 5.25. The molecule has 102 valence electrons. The molecule has 0 aliphatic carbocycles. The molecule has 3 N–H and O–H groups in total. The first-order valence-electron chi connectivity index (χ1n) is 6.16. The van der Waals surface area contributed by atoms with Crippen molar-refractivity contribution in [2.45, 2.75) is 39.8 Å². The zero-order valence-electron chi connectivity index (χ0n) is 11.2. The van der Waals surface area contributed by atoms with Crippen molar-refractivity contribution < 1.29 is 10.2 Å². The van der Waals surface area contributed by atoms with Crippen LogP contribution in [0.1, 0.15) is 32.8 Å². The number of phenols is 1. The van der Waals surface area contributed by atoms with Gasteiger partial charge in [0, 0.05) is 23.7 Å². The molecule has 0 amide bonds. The first-order chi connectivity index (χ1) is 8.30. The SMILES string of the molecule is CC(O)CC(C)(C)CNCc1cc(Cl)ccc1O. The largest absolute Gasteiger partial charge is 0.508 e. The molecule has 0 aromatic heterocycles. The Morgan fingerprint density at radius 3 is 2.67 bits per heavy atom. The van der Waals surface area contributed by atoms with E-state index in [4.69, 9.17) is 11.6 Å². The van der Waals surface area contributed by atoms with Crippen molar-refractivity contribution in [2.24, 2.45) is 5.41 Å². The monoisotopic (exact) mass is 271 g/mol. The summed E-state index contributed by atoms with van der Waals surface area (Å²) >= 11 is 5.88. The highest BCUT2D eigenvalue weighted by Gasteiger charge is 2.19. The Labute approximate surface area is 114 Å². The molecule has 0 radical (unpaired) electrons. The number of halogens is 1. The topological polar surface area (TPSA) is 52.5 Å². The van der Waals surface area contributed by atoms with Crippen LogP contribution in [0.3, 0.4) is 0 Å². The Hall–Kier alpha value is -0.770. The summed E-state index contributed by atoms with van der Waals surface area (Å²) in [7, 11) is 0. The Balaban J connectivity index is 2.48. The second-order valence-corrected chi connectivity index (χ2v) is 6.03. The molecule has 0 bridgehead atoms. The minimum Gasteiger partial charge on any atom is -0.508 e. The van der Waals surface area contributed by atoms with Gasteiger partial charge in [-0.25, -0.2) is 0 Å². The first kappa shape index (κ1) is 15.3. The lowest BCUT2D eigenvalue weighted by Crippen LogP contribution is -2.31. The predicted molar refractivity (Wildman–Crippen MR) is 74.9 cm³/mol. The van der Waals surface area contributed by atoms with Crippen molar-refractivity contribution in [1.29, 1.82) is 0 Å². The van der Waals surface area contributed by atoms with Gasteiger partial charge in [-0.1, -0.05) is 25.4 Å². The van der Waals surface area contributed by atoms with Gasteiger partial charge in [-0.05, 0) is 37.0 Å². The molecule has 4 heteroatoms. The molecule has 0 heterocycles. The smallest absolute Gasteiger partial charge is 0.120 e. The summed E-state index contributed by atoms with van der Waals surface area (Å²) in [6, 6.07) is 5.02. The van der Waals surface area contributed by atoms with E-state index in [1.54, 1.807) is 25.1 Å². The molecule has 0 aliphatic heterocycles. The van der Waals surface area contributed by atoms with Gasteiger partial charge in [0.25, 0.3) is 0 Å². The van der Waals surface area contributed by atoms with Gasteiger partial charge in [0.2, 0.25) is 0 Å². The van der Waals surface area contributed by atoms with Gasteiger partial charge in [-0.3, -0.25) is 0 Å². The Kier molecular flexibility index (Phi) is 5.45. The number of aliphatic hydroxyl groups excluding tert-OH is 1. The van der Waals surface area contributed by atoms with Crippen LogP contribution in [-0.2, 0) is 6.54 Å². The maximum atomic E-state index is 9.67. The van der Waals surface area contributed by atoms with Crippen LogP contribution >= 0.6 is 11.6 Å². The van der Waals surface area contributed by atoms with Crippen LogP contribution in [0.2, 0.25) is 5.02 Å². The van der Waals surface area contributed by atoms with Gasteiger partial charge in [0.1, 0.15) is 5.75 Å². The number of aromatic hydroxyl groups is 1. The molecule has 1 rings (SSSR count). The summed E-state index contributed by atoms with van der Waals surface area (Å²) in [6.07, 6.45) is 0.433. The van der Waals surface area contributed by atoms with Gasteiger partial charge in [0.05, 0.1) is 6.10 Å². The molecule has 0 saturated heterocycles. The number of rotatable bonds is 6. The molecule has 18 heavy (non-hydrogen) atoms. The van der Waals surface area contributed by atoms with Crippen LogP contribution in [0.5, 0.6) is 5.75 Å². The van der Waals surface area contributed by atoms with Crippen molar-refractivity contribution in [1.82, 2.24) is 5.32 Å². The molecule has 3 nitrogen and oxygen atoms in total. The van der Waals surface area contributed by atoms with E-state index >= 15 is 0 Å². The first-order valence-corrected chi connectivity index (χ1v) is 6.54. The molecule has 0 fully saturated rings. The van der Waals surface area contributed by atoms with Gasteiger partial charge in [-0.15, -0.1) is 0 Å². The highest BCUT2D eigenvalue weighted by atomic mass is 35.5. The number of hydrogen-bond acceptors (Lipinski definition) is 3. The zero-order chi connectivity index (χ0) is 13.8. The molecular weight excluding hydrogens is 250 g/mol. The Morgan fingerprint density at radius 2 is 2.06 bits per heavy atom. The predicted octanol–water partition coefficient (Wildman–Crippen LogP) is 2.93. The molecule has 1 unspecified atom stereocenters. The Morgan fingerprint density at radius 1 is 1.39 bits per heavy atom. The normalized spacial score (nSPS) is 13.6. The van der Waals surface area contributed by atoms with Crippen LogP contribution in [0, 0.1) is 5.41 Å². The van der Waals surface area contributed by atoms with Crippen molar-refractivity contribution >= 4 is 11.6 Å². The molecular formula is C14H22ClNO2. The molecule has 1 aromatic carbocycles. The van der Waals surface area contributed by atoms with Crippen molar-refractivity contribution in [3.63, 3.8) is 0 Å². The van der Waals surface area contributed by atoms with Gasteiger partial charge < -0.3 is 15.5 Å². The third-order valence-corrected chi connectivity index (χ3v) is 3.04. The van der Waals surface area contributed by atoms with Gasteiger partial charge >= 0.3 is 0 Å². The standard InChI is InChI=1S/C14H22ClNO2/c1-10(17)7-14(2,3)9-16-8-11-6-12(15)4-5-13(11)18/h4-6,10,16-18H,7-9H2,1-3H3. The molecule has 1 atom stereocenters. The van der Waals surface area contributed by atoms with Crippen LogP contribution in [0.25, 0.3) is 0 Å². The average molecular weight is 272 g/mol. The van der Waals surface area contributed by atoms with Crippen LogP contribution in [-0.4, -0.2) is 22.9 Å². The van der Waals surface area contributed by atoms with Crippen LogP contribution < -0.4 is 5.32 Å².